The zero-order chi connectivity index (χ0) is 22.0. The van der Waals surface area contributed by atoms with Gasteiger partial charge in [0, 0.05) is 29.3 Å². The molecule has 3 aromatic rings. The third-order valence-corrected chi connectivity index (χ3v) is 5.26. The van der Waals surface area contributed by atoms with Crippen LogP contribution in [-0.2, 0) is 6.42 Å². The van der Waals surface area contributed by atoms with Gasteiger partial charge in [-0.3, -0.25) is 9.59 Å². The van der Waals surface area contributed by atoms with Crippen LogP contribution >= 0.6 is 0 Å². The van der Waals surface area contributed by atoms with Gasteiger partial charge in [-0.1, -0.05) is 23.8 Å². The van der Waals surface area contributed by atoms with Crippen LogP contribution < -0.4 is 10.7 Å². The molecule has 0 unspecified atom stereocenters. The van der Waals surface area contributed by atoms with Crippen molar-refractivity contribution in [2.45, 2.75) is 40.0 Å². The van der Waals surface area contributed by atoms with Gasteiger partial charge in [0.1, 0.15) is 11.6 Å². The highest BCUT2D eigenvalue weighted by Crippen LogP contribution is 2.30. The number of benzene rings is 1. The van der Waals surface area contributed by atoms with Gasteiger partial charge in [-0.25, -0.2) is 10.4 Å². The average molecular weight is 416 g/mol. The van der Waals surface area contributed by atoms with Gasteiger partial charge in [0.05, 0.1) is 5.71 Å². The van der Waals surface area contributed by atoms with Crippen LogP contribution in [-0.4, -0.2) is 22.5 Å². The number of nitrogens with zero attached hydrogens (tertiary/aromatic N) is 2. The molecule has 0 bridgehead atoms. The minimum Gasteiger partial charge on any atom is -0.455 e. The summed E-state index contributed by atoms with van der Waals surface area (Å²) in [7, 11) is 0. The van der Waals surface area contributed by atoms with Gasteiger partial charge >= 0.3 is 0 Å². The summed E-state index contributed by atoms with van der Waals surface area (Å²) in [5.41, 5.74) is 7.44. The molecule has 0 fully saturated rings. The highest BCUT2D eigenvalue weighted by Gasteiger charge is 2.28. The zero-order valence-corrected chi connectivity index (χ0v) is 17.8. The van der Waals surface area contributed by atoms with E-state index in [0.29, 0.717) is 29.1 Å². The van der Waals surface area contributed by atoms with Crippen LogP contribution in [0.1, 0.15) is 61.8 Å². The molecule has 2 aromatic heterocycles. The molecule has 31 heavy (non-hydrogen) atoms. The summed E-state index contributed by atoms with van der Waals surface area (Å²) in [5.74, 6) is 0.796. The van der Waals surface area contributed by atoms with E-state index in [1.165, 1.54) is 0 Å². The van der Waals surface area contributed by atoms with E-state index in [0.717, 1.165) is 35.2 Å². The number of carbonyl (C=O) groups is 2. The third kappa shape index (κ3) is 4.40. The number of carbonyl (C=O) groups excluding carboxylic acids is 2. The second-order valence-electron chi connectivity index (χ2n) is 7.75. The van der Waals surface area contributed by atoms with E-state index < -0.39 is 0 Å². The van der Waals surface area contributed by atoms with Crippen LogP contribution in [0.3, 0.4) is 0 Å². The molecule has 0 saturated heterocycles. The van der Waals surface area contributed by atoms with Gasteiger partial charge in [0.2, 0.25) is 0 Å². The first kappa shape index (κ1) is 20.5. The number of aromatic nitrogens is 1. The summed E-state index contributed by atoms with van der Waals surface area (Å²) in [5, 5.41) is 7.14. The Hall–Kier alpha value is -3.74. The second kappa shape index (κ2) is 8.55. The van der Waals surface area contributed by atoms with Crippen LogP contribution in [0.15, 0.2) is 52.1 Å². The molecule has 1 aromatic carbocycles. The highest BCUT2D eigenvalue weighted by atomic mass is 16.4. The lowest BCUT2D eigenvalue weighted by Crippen LogP contribution is -2.22. The predicted molar refractivity (Wildman–Crippen MR) is 118 cm³/mol. The summed E-state index contributed by atoms with van der Waals surface area (Å²) in [6.07, 6.45) is 3.94. The summed E-state index contributed by atoms with van der Waals surface area (Å²) in [6.45, 7) is 5.70. The lowest BCUT2D eigenvalue weighted by atomic mass is 9.93. The summed E-state index contributed by atoms with van der Waals surface area (Å²) in [4.78, 5) is 29.4. The molecule has 0 aliphatic heterocycles. The minimum atomic E-state index is -0.355. The molecule has 2 N–H and O–H groups in total. The largest absolute Gasteiger partial charge is 0.455 e. The molecule has 4 rings (SSSR count). The fraction of sp³-hybridized carbons (Fsp3) is 0.250. The first-order valence-electron chi connectivity index (χ1n) is 10.2. The number of fused-ring (bicyclic) bond motifs is 1. The Morgan fingerprint density at radius 1 is 1.03 bits per heavy atom. The van der Waals surface area contributed by atoms with Crippen molar-refractivity contribution in [1.29, 1.82) is 0 Å². The quantitative estimate of drug-likeness (QED) is 0.619. The Balaban J connectivity index is 1.56. The Morgan fingerprint density at radius 3 is 2.61 bits per heavy atom. The highest BCUT2D eigenvalue weighted by molar-refractivity contribution is 6.09. The second-order valence-corrected chi connectivity index (χ2v) is 7.75. The Morgan fingerprint density at radius 2 is 1.87 bits per heavy atom. The smallest absolute Gasteiger partial charge is 0.292 e. The van der Waals surface area contributed by atoms with Crippen LogP contribution in [0.4, 0.5) is 5.82 Å². The molecule has 0 spiro atoms. The number of amides is 2. The number of hydrazone groups is 1. The first-order chi connectivity index (χ1) is 14.9. The maximum atomic E-state index is 12.8. The SMILES string of the molecule is Cc1ccc(NC(=O)c2oc3c(c2C)/C(=N/NC(=O)c2cccc(C)c2)CCC3)nc1. The first-order valence-corrected chi connectivity index (χ1v) is 10.2. The van der Waals surface area contributed by atoms with Crippen molar-refractivity contribution in [1.82, 2.24) is 10.4 Å². The van der Waals surface area contributed by atoms with E-state index in [9.17, 15) is 9.59 Å². The summed E-state index contributed by atoms with van der Waals surface area (Å²) in [6, 6.07) is 11.0. The van der Waals surface area contributed by atoms with Crippen molar-refractivity contribution in [3.05, 3.63) is 81.9 Å². The Labute approximate surface area is 180 Å². The monoisotopic (exact) mass is 416 g/mol. The molecule has 0 saturated carbocycles. The van der Waals surface area contributed by atoms with Crippen molar-refractivity contribution in [3.63, 3.8) is 0 Å². The van der Waals surface area contributed by atoms with Crippen molar-refractivity contribution in [3.8, 4) is 0 Å². The van der Waals surface area contributed by atoms with Crippen molar-refractivity contribution < 1.29 is 14.0 Å². The molecule has 0 atom stereocenters. The van der Waals surface area contributed by atoms with Gasteiger partial charge in [0.25, 0.3) is 11.8 Å². The predicted octanol–water partition coefficient (Wildman–Crippen LogP) is 4.32. The van der Waals surface area contributed by atoms with Gasteiger partial charge in [-0.2, -0.15) is 5.10 Å². The van der Waals surface area contributed by atoms with E-state index in [2.05, 4.69) is 20.8 Å². The fourth-order valence-corrected chi connectivity index (χ4v) is 3.68. The Bertz CT molecular complexity index is 1180. The van der Waals surface area contributed by atoms with Crippen molar-refractivity contribution >= 4 is 23.3 Å². The van der Waals surface area contributed by atoms with Gasteiger partial charge in [-0.15, -0.1) is 0 Å². The molecule has 1 aliphatic rings. The Kier molecular flexibility index (Phi) is 5.66. The fourth-order valence-electron chi connectivity index (χ4n) is 3.68. The molecule has 7 heteroatoms. The molecule has 158 valence electrons. The number of hydrogen-bond donors (Lipinski definition) is 2. The van der Waals surface area contributed by atoms with Crippen LogP contribution in [0, 0.1) is 20.8 Å². The average Bonchev–Trinajstić information content (AvgIpc) is 3.11. The number of aryl methyl sites for hydroxylation is 3. The van der Waals surface area contributed by atoms with Crippen molar-refractivity contribution in [2.75, 3.05) is 5.32 Å². The minimum absolute atomic E-state index is 0.243. The van der Waals surface area contributed by atoms with Gasteiger partial charge in [0.15, 0.2) is 5.76 Å². The lowest BCUT2D eigenvalue weighted by Gasteiger charge is -2.13. The van der Waals surface area contributed by atoms with Gasteiger partial charge in [-0.05, 0) is 57.4 Å². The van der Waals surface area contributed by atoms with E-state index in [1.807, 2.05) is 45.0 Å². The lowest BCUT2D eigenvalue weighted by molar-refractivity contribution is 0.0953. The number of hydrogen-bond acceptors (Lipinski definition) is 5. The molecule has 1 aliphatic carbocycles. The standard InChI is InChI=1S/C24H24N4O3/c1-14-6-4-7-17(12-14)23(29)28-27-18-8-5-9-19-21(18)16(3)22(31-19)24(30)26-20-11-10-15(2)13-25-20/h4,6-7,10-13H,5,8-9H2,1-3H3,(H,28,29)(H,25,26,30)/b27-18+. The zero-order valence-electron chi connectivity index (χ0n) is 17.8. The van der Waals surface area contributed by atoms with Gasteiger partial charge < -0.3 is 9.73 Å². The van der Waals surface area contributed by atoms with Crippen LogP contribution in [0.2, 0.25) is 0 Å². The molecular weight excluding hydrogens is 392 g/mol. The van der Waals surface area contributed by atoms with E-state index in [4.69, 9.17) is 4.42 Å². The molecular formula is C24H24N4O3. The third-order valence-electron chi connectivity index (χ3n) is 5.26. The maximum absolute atomic E-state index is 12.8. The van der Waals surface area contributed by atoms with Crippen LogP contribution in [0.25, 0.3) is 0 Å². The van der Waals surface area contributed by atoms with E-state index >= 15 is 0 Å². The number of anilines is 1. The number of furan rings is 1. The molecule has 2 amide bonds. The molecule has 0 radical (unpaired) electrons. The van der Waals surface area contributed by atoms with Crippen molar-refractivity contribution in [2.24, 2.45) is 5.10 Å². The molecule has 2 heterocycles. The topological polar surface area (TPSA) is 96.6 Å². The normalized spacial score (nSPS) is 14.2. The maximum Gasteiger partial charge on any atom is 0.292 e. The van der Waals surface area contributed by atoms with Crippen LogP contribution in [0.5, 0.6) is 0 Å². The van der Waals surface area contributed by atoms with E-state index in [-0.39, 0.29) is 17.6 Å². The van der Waals surface area contributed by atoms with E-state index in [1.54, 1.807) is 18.3 Å². The summed E-state index contributed by atoms with van der Waals surface area (Å²) >= 11 is 0. The molecule has 7 nitrogen and oxygen atoms in total. The summed E-state index contributed by atoms with van der Waals surface area (Å²) < 4.78 is 5.90. The number of rotatable bonds is 4. The number of nitrogens with one attached hydrogen (secondary N) is 2. The number of pyridine rings is 1.